The zero-order valence-electron chi connectivity index (χ0n) is 7.48. The Morgan fingerprint density at radius 2 is 1.93 bits per heavy atom. The van der Waals surface area contributed by atoms with E-state index in [-0.39, 0.29) is 0 Å². The number of thiophene rings is 1. The van der Waals surface area contributed by atoms with E-state index in [9.17, 15) is 0 Å². The van der Waals surface area contributed by atoms with Crippen molar-refractivity contribution in [2.75, 3.05) is 0 Å². The Morgan fingerprint density at radius 3 is 2.67 bits per heavy atom. The van der Waals surface area contributed by atoms with Crippen molar-refractivity contribution in [2.45, 2.75) is 0 Å². The number of benzene rings is 1. The van der Waals surface area contributed by atoms with Crippen LogP contribution in [0.5, 0.6) is 0 Å². The molecule has 2 aromatic heterocycles. The molecular weight excluding hydrogens is 248 g/mol. The van der Waals surface area contributed by atoms with Crippen molar-refractivity contribution in [1.29, 1.82) is 0 Å². The summed E-state index contributed by atoms with van der Waals surface area (Å²) in [5.74, 6) is 0. The summed E-state index contributed by atoms with van der Waals surface area (Å²) in [6, 6.07) is 10.4. The number of hydrogen-bond donors (Lipinski definition) is 0. The van der Waals surface area contributed by atoms with Gasteiger partial charge in [-0.05, 0) is 29.1 Å². The minimum Gasteiger partial charge on any atom is -0.136 e. The van der Waals surface area contributed by atoms with Crippen molar-refractivity contribution >= 4 is 44.4 Å². The van der Waals surface area contributed by atoms with Crippen LogP contribution in [-0.4, -0.2) is 10.2 Å². The summed E-state index contributed by atoms with van der Waals surface area (Å²) in [5.41, 5.74) is 0. The van der Waals surface area contributed by atoms with E-state index in [0.717, 1.165) is 9.88 Å². The predicted octanol–water partition coefficient (Wildman–Crippen LogP) is 4.07. The van der Waals surface area contributed by atoms with E-state index in [1.54, 1.807) is 11.3 Å². The molecule has 74 valence electrons. The van der Waals surface area contributed by atoms with Crippen LogP contribution in [0.15, 0.2) is 30.3 Å². The van der Waals surface area contributed by atoms with Gasteiger partial charge in [-0.15, -0.1) is 21.5 Å². The molecule has 0 amide bonds. The van der Waals surface area contributed by atoms with Gasteiger partial charge in [0.2, 0.25) is 4.47 Å². The highest BCUT2D eigenvalue weighted by atomic mass is 35.5. The van der Waals surface area contributed by atoms with Gasteiger partial charge in [-0.2, -0.15) is 0 Å². The first-order chi connectivity index (χ1) is 7.33. The first-order valence-corrected chi connectivity index (χ1v) is 6.32. The summed E-state index contributed by atoms with van der Waals surface area (Å²) in [4.78, 5) is 1.13. The Balaban J connectivity index is 2.19. The first kappa shape index (κ1) is 9.27. The second-order valence-electron chi connectivity index (χ2n) is 3.01. The molecule has 0 aliphatic carbocycles. The zero-order valence-corrected chi connectivity index (χ0v) is 9.86. The maximum Gasteiger partial charge on any atom is 0.207 e. The van der Waals surface area contributed by atoms with Crippen LogP contribution in [0.3, 0.4) is 0 Å². The highest BCUT2D eigenvalue weighted by Crippen LogP contribution is 2.35. The van der Waals surface area contributed by atoms with Gasteiger partial charge < -0.3 is 0 Å². The number of hydrogen-bond acceptors (Lipinski definition) is 4. The SMILES string of the molecule is Clc1nnc(-c2cc3ccccc3s2)s1. The Kier molecular flexibility index (Phi) is 2.20. The van der Waals surface area contributed by atoms with Crippen LogP contribution in [0.4, 0.5) is 0 Å². The van der Waals surface area contributed by atoms with Gasteiger partial charge in [0.25, 0.3) is 0 Å². The fourth-order valence-corrected chi connectivity index (χ4v) is 3.32. The average Bonchev–Trinajstić information content (AvgIpc) is 2.82. The standard InChI is InChI=1S/C10H5ClN2S2/c11-10-13-12-9(15-10)8-5-6-3-1-2-4-7(6)14-8/h1-5H. The Morgan fingerprint density at radius 1 is 1.07 bits per heavy atom. The normalized spacial score (nSPS) is 11.0. The molecule has 0 spiro atoms. The zero-order chi connectivity index (χ0) is 10.3. The van der Waals surface area contributed by atoms with Crippen molar-refractivity contribution < 1.29 is 0 Å². The summed E-state index contributed by atoms with van der Waals surface area (Å²) in [7, 11) is 0. The Labute approximate surface area is 99.2 Å². The lowest BCUT2D eigenvalue weighted by atomic mass is 10.2. The van der Waals surface area contributed by atoms with Crippen LogP contribution in [0.25, 0.3) is 20.0 Å². The van der Waals surface area contributed by atoms with Gasteiger partial charge in [-0.25, -0.2) is 0 Å². The van der Waals surface area contributed by atoms with Crippen molar-refractivity contribution in [3.05, 3.63) is 34.8 Å². The number of aromatic nitrogens is 2. The van der Waals surface area contributed by atoms with E-state index in [1.165, 1.54) is 21.4 Å². The lowest BCUT2D eigenvalue weighted by Gasteiger charge is -1.82. The van der Waals surface area contributed by atoms with Crippen LogP contribution in [-0.2, 0) is 0 Å². The molecule has 0 fully saturated rings. The van der Waals surface area contributed by atoms with Gasteiger partial charge in [0.1, 0.15) is 0 Å². The molecule has 2 nitrogen and oxygen atoms in total. The molecule has 0 aliphatic rings. The quantitative estimate of drug-likeness (QED) is 0.652. The topological polar surface area (TPSA) is 25.8 Å². The minimum atomic E-state index is 0.488. The van der Waals surface area contributed by atoms with Crippen LogP contribution in [0, 0.1) is 0 Å². The highest BCUT2D eigenvalue weighted by molar-refractivity contribution is 7.26. The molecule has 2 heterocycles. The number of halogens is 1. The van der Waals surface area contributed by atoms with Crippen LogP contribution in [0.1, 0.15) is 0 Å². The first-order valence-electron chi connectivity index (χ1n) is 4.31. The Hall–Kier alpha value is -0.970. The van der Waals surface area contributed by atoms with Crippen molar-refractivity contribution in [1.82, 2.24) is 10.2 Å². The second kappa shape index (κ2) is 3.56. The van der Waals surface area contributed by atoms with E-state index in [1.807, 2.05) is 12.1 Å². The van der Waals surface area contributed by atoms with Gasteiger partial charge in [0.15, 0.2) is 5.01 Å². The molecule has 0 radical (unpaired) electrons. The third-order valence-corrected chi connectivity index (χ3v) is 4.34. The molecule has 0 N–H and O–H groups in total. The summed E-state index contributed by atoms with van der Waals surface area (Å²) in [6.07, 6.45) is 0. The van der Waals surface area contributed by atoms with E-state index >= 15 is 0 Å². The van der Waals surface area contributed by atoms with E-state index in [2.05, 4.69) is 28.4 Å². The van der Waals surface area contributed by atoms with Crippen molar-refractivity contribution in [3.63, 3.8) is 0 Å². The number of rotatable bonds is 1. The average molecular weight is 253 g/mol. The van der Waals surface area contributed by atoms with Crippen molar-refractivity contribution in [3.8, 4) is 9.88 Å². The molecule has 0 atom stereocenters. The monoisotopic (exact) mass is 252 g/mol. The van der Waals surface area contributed by atoms with E-state index < -0.39 is 0 Å². The fraction of sp³-hybridized carbons (Fsp3) is 0. The minimum absolute atomic E-state index is 0.488. The lowest BCUT2D eigenvalue weighted by Crippen LogP contribution is -1.68. The van der Waals surface area contributed by atoms with Gasteiger partial charge >= 0.3 is 0 Å². The smallest absolute Gasteiger partial charge is 0.136 e. The van der Waals surface area contributed by atoms with Crippen LogP contribution >= 0.6 is 34.3 Å². The summed E-state index contributed by atoms with van der Waals surface area (Å²) < 4.78 is 1.75. The number of nitrogens with zero attached hydrogens (tertiary/aromatic N) is 2. The molecule has 15 heavy (non-hydrogen) atoms. The van der Waals surface area contributed by atoms with E-state index in [0.29, 0.717) is 4.47 Å². The van der Waals surface area contributed by atoms with Crippen molar-refractivity contribution in [2.24, 2.45) is 0 Å². The highest BCUT2D eigenvalue weighted by Gasteiger charge is 2.08. The summed E-state index contributed by atoms with van der Waals surface area (Å²) in [5, 5.41) is 9.96. The molecular formula is C10H5ClN2S2. The molecule has 0 bridgehead atoms. The van der Waals surface area contributed by atoms with Gasteiger partial charge in [0, 0.05) is 4.70 Å². The molecule has 3 aromatic rings. The fourth-order valence-electron chi connectivity index (χ4n) is 1.39. The number of fused-ring (bicyclic) bond motifs is 1. The summed E-state index contributed by atoms with van der Waals surface area (Å²) in [6.45, 7) is 0. The van der Waals surface area contributed by atoms with Gasteiger partial charge in [0.05, 0.1) is 4.88 Å². The predicted molar refractivity (Wildman–Crippen MR) is 65.7 cm³/mol. The maximum atomic E-state index is 5.76. The third kappa shape index (κ3) is 1.65. The molecule has 1 aromatic carbocycles. The second-order valence-corrected chi connectivity index (χ2v) is 5.65. The molecule has 5 heteroatoms. The molecule has 0 saturated heterocycles. The van der Waals surface area contributed by atoms with Gasteiger partial charge in [-0.1, -0.05) is 29.5 Å². The molecule has 3 rings (SSSR count). The largest absolute Gasteiger partial charge is 0.207 e. The molecule has 0 aliphatic heterocycles. The van der Waals surface area contributed by atoms with Gasteiger partial charge in [-0.3, -0.25) is 0 Å². The third-order valence-electron chi connectivity index (χ3n) is 2.04. The van der Waals surface area contributed by atoms with Crippen LogP contribution < -0.4 is 0 Å². The van der Waals surface area contributed by atoms with Crippen LogP contribution in [0.2, 0.25) is 4.47 Å². The Bertz CT molecular complexity index is 581. The lowest BCUT2D eigenvalue weighted by molar-refractivity contribution is 1.10. The maximum absolute atomic E-state index is 5.76. The van der Waals surface area contributed by atoms with E-state index in [4.69, 9.17) is 11.6 Å². The molecule has 0 saturated carbocycles. The summed E-state index contributed by atoms with van der Waals surface area (Å²) >= 11 is 8.88. The molecule has 0 unspecified atom stereocenters.